The average Bonchev–Trinajstić information content (AvgIpc) is 2.66. The Balaban J connectivity index is 2.58. The summed E-state index contributed by atoms with van der Waals surface area (Å²) in [7, 11) is 3.39. The monoisotopic (exact) mass is 246 g/mol. The molecule has 2 aromatic rings. The summed E-state index contributed by atoms with van der Waals surface area (Å²) in [4.78, 5) is 15.2. The third-order valence-electron chi connectivity index (χ3n) is 2.88. The van der Waals surface area contributed by atoms with E-state index in [0.29, 0.717) is 11.5 Å². The van der Waals surface area contributed by atoms with Gasteiger partial charge in [-0.15, -0.1) is 0 Å². The van der Waals surface area contributed by atoms with Crippen molar-refractivity contribution in [3.8, 4) is 17.0 Å². The Morgan fingerprint density at radius 3 is 2.44 bits per heavy atom. The molecule has 1 heterocycles. The number of carboxylic acids is 1. The van der Waals surface area contributed by atoms with Gasteiger partial charge in [-0.25, -0.2) is 9.78 Å². The molecule has 0 amide bonds. The number of ether oxygens (including phenoxy) is 1. The summed E-state index contributed by atoms with van der Waals surface area (Å²) in [5.74, 6) is 0.372. The summed E-state index contributed by atoms with van der Waals surface area (Å²) in [5.41, 5.74) is 1.47. The first kappa shape index (κ1) is 12.2. The topological polar surface area (TPSA) is 64.3 Å². The van der Waals surface area contributed by atoms with Crippen LogP contribution in [0, 0.1) is 6.92 Å². The van der Waals surface area contributed by atoms with Crippen molar-refractivity contribution in [3.63, 3.8) is 0 Å². The van der Waals surface area contributed by atoms with E-state index in [0.717, 1.165) is 11.3 Å². The molecule has 18 heavy (non-hydrogen) atoms. The van der Waals surface area contributed by atoms with E-state index in [1.54, 1.807) is 37.8 Å². The Hall–Kier alpha value is -2.30. The van der Waals surface area contributed by atoms with Gasteiger partial charge in [-0.2, -0.15) is 0 Å². The summed E-state index contributed by atoms with van der Waals surface area (Å²) in [6.07, 6.45) is 0. The molecule has 1 aromatic heterocycles. The normalized spacial score (nSPS) is 10.4. The Kier molecular flexibility index (Phi) is 3.06. The Morgan fingerprint density at radius 1 is 1.33 bits per heavy atom. The molecule has 0 fully saturated rings. The molecule has 2 rings (SSSR count). The van der Waals surface area contributed by atoms with Gasteiger partial charge in [0.2, 0.25) is 0 Å². The van der Waals surface area contributed by atoms with Crippen LogP contribution < -0.4 is 4.74 Å². The number of imidazole rings is 1. The van der Waals surface area contributed by atoms with Crippen LogP contribution in [-0.2, 0) is 7.05 Å². The molecular formula is C13H14N2O3. The number of carbonyl (C=O) groups is 1. The van der Waals surface area contributed by atoms with Gasteiger partial charge in [-0.1, -0.05) is 0 Å². The van der Waals surface area contributed by atoms with Crippen LogP contribution in [-0.4, -0.2) is 27.7 Å². The van der Waals surface area contributed by atoms with Crippen LogP contribution in [0.5, 0.6) is 5.75 Å². The lowest BCUT2D eigenvalue weighted by atomic mass is 10.1. The first-order valence-electron chi connectivity index (χ1n) is 5.45. The largest absolute Gasteiger partial charge is 0.497 e. The van der Waals surface area contributed by atoms with Gasteiger partial charge in [0, 0.05) is 12.6 Å². The SMILES string of the molecule is COc1ccc(-c2c(C(=O)O)nc(C)n2C)cc1. The predicted molar refractivity (Wildman–Crippen MR) is 66.9 cm³/mol. The van der Waals surface area contributed by atoms with Gasteiger partial charge in [0.1, 0.15) is 11.6 Å². The van der Waals surface area contributed by atoms with Gasteiger partial charge in [0.25, 0.3) is 0 Å². The number of hydrogen-bond acceptors (Lipinski definition) is 3. The van der Waals surface area contributed by atoms with Crippen molar-refractivity contribution in [2.45, 2.75) is 6.92 Å². The number of aromatic carboxylic acids is 1. The molecule has 0 saturated carbocycles. The van der Waals surface area contributed by atoms with Crippen molar-refractivity contribution in [2.24, 2.45) is 7.05 Å². The summed E-state index contributed by atoms with van der Waals surface area (Å²) >= 11 is 0. The fraction of sp³-hybridized carbons (Fsp3) is 0.231. The molecule has 94 valence electrons. The van der Waals surface area contributed by atoms with E-state index in [2.05, 4.69) is 4.98 Å². The second-order valence-corrected chi connectivity index (χ2v) is 3.95. The van der Waals surface area contributed by atoms with Crippen molar-refractivity contribution >= 4 is 5.97 Å². The van der Waals surface area contributed by atoms with Gasteiger partial charge in [0.15, 0.2) is 5.69 Å². The smallest absolute Gasteiger partial charge is 0.356 e. The molecule has 1 aromatic carbocycles. The maximum atomic E-state index is 11.2. The fourth-order valence-electron chi connectivity index (χ4n) is 1.84. The highest BCUT2D eigenvalue weighted by Crippen LogP contribution is 2.26. The number of aryl methyl sites for hydroxylation is 1. The molecule has 0 aliphatic carbocycles. The Bertz CT molecular complexity index is 585. The number of hydrogen-bond donors (Lipinski definition) is 1. The molecule has 0 spiro atoms. The molecular weight excluding hydrogens is 232 g/mol. The van der Waals surface area contributed by atoms with Crippen LogP contribution in [0.1, 0.15) is 16.3 Å². The molecule has 0 aliphatic rings. The number of nitrogens with zero attached hydrogens (tertiary/aromatic N) is 2. The first-order chi connectivity index (χ1) is 8.54. The second-order valence-electron chi connectivity index (χ2n) is 3.95. The third-order valence-corrected chi connectivity index (χ3v) is 2.88. The van der Waals surface area contributed by atoms with Crippen LogP contribution in [0.4, 0.5) is 0 Å². The standard InChI is InChI=1S/C13H14N2O3/c1-8-14-11(13(16)17)12(15(8)2)9-4-6-10(18-3)7-5-9/h4-7H,1-3H3,(H,16,17). The maximum absolute atomic E-state index is 11.2. The molecule has 0 bridgehead atoms. The zero-order valence-electron chi connectivity index (χ0n) is 10.5. The minimum Gasteiger partial charge on any atom is -0.497 e. The maximum Gasteiger partial charge on any atom is 0.356 e. The Morgan fingerprint density at radius 2 is 1.94 bits per heavy atom. The van der Waals surface area contributed by atoms with Crippen molar-refractivity contribution in [1.29, 1.82) is 0 Å². The number of aromatic nitrogens is 2. The lowest BCUT2D eigenvalue weighted by molar-refractivity contribution is 0.0692. The molecule has 5 heteroatoms. The van der Waals surface area contributed by atoms with Gasteiger partial charge in [0.05, 0.1) is 12.8 Å². The highest BCUT2D eigenvalue weighted by molar-refractivity contribution is 5.93. The molecule has 0 unspecified atom stereocenters. The zero-order chi connectivity index (χ0) is 13.3. The van der Waals surface area contributed by atoms with E-state index < -0.39 is 5.97 Å². The predicted octanol–water partition coefficient (Wildman–Crippen LogP) is 2.10. The third kappa shape index (κ3) is 1.95. The number of rotatable bonds is 3. The van der Waals surface area contributed by atoms with Crippen molar-refractivity contribution in [1.82, 2.24) is 9.55 Å². The molecule has 0 radical (unpaired) electrons. The summed E-state index contributed by atoms with van der Waals surface area (Å²) in [5, 5.41) is 9.16. The van der Waals surface area contributed by atoms with Gasteiger partial charge in [-0.05, 0) is 31.2 Å². The van der Waals surface area contributed by atoms with Gasteiger partial charge >= 0.3 is 5.97 Å². The van der Waals surface area contributed by atoms with E-state index in [1.807, 2.05) is 12.1 Å². The van der Waals surface area contributed by atoms with Crippen molar-refractivity contribution < 1.29 is 14.6 Å². The Labute approximate surface area is 105 Å². The van der Waals surface area contributed by atoms with Gasteiger partial charge in [-0.3, -0.25) is 0 Å². The highest BCUT2D eigenvalue weighted by Gasteiger charge is 2.19. The minimum absolute atomic E-state index is 0.0696. The highest BCUT2D eigenvalue weighted by atomic mass is 16.5. The summed E-state index contributed by atoms with van der Waals surface area (Å²) < 4.78 is 6.85. The van der Waals surface area contributed by atoms with Crippen LogP contribution in [0.15, 0.2) is 24.3 Å². The van der Waals surface area contributed by atoms with Gasteiger partial charge < -0.3 is 14.4 Å². The first-order valence-corrected chi connectivity index (χ1v) is 5.45. The lowest BCUT2D eigenvalue weighted by Gasteiger charge is -2.06. The van der Waals surface area contributed by atoms with Crippen LogP contribution in [0.3, 0.4) is 0 Å². The molecule has 5 nitrogen and oxygen atoms in total. The number of benzene rings is 1. The van der Waals surface area contributed by atoms with E-state index in [-0.39, 0.29) is 5.69 Å². The average molecular weight is 246 g/mol. The van der Waals surface area contributed by atoms with Crippen molar-refractivity contribution in [3.05, 3.63) is 35.8 Å². The number of methoxy groups -OCH3 is 1. The molecule has 0 aliphatic heterocycles. The van der Waals surface area contributed by atoms with Crippen LogP contribution >= 0.6 is 0 Å². The second kappa shape index (κ2) is 4.52. The molecule has 0 atom stereocenters. The van der Waals surface area contributed by atoms with E-state index >= 15 is 0 Å². The van der Waals surface area contributed by atoms with E-state index in [9.17, 15) is 4.79 Å². The number of carboxylic acid groups (broad SMARTS) is 1. The summed E-state index contributed by atoms with van der Waals surface area (Å²) in [6, 6.07) is 7.23. The fourth-order valence-corrected chi connectivity index (χ4v) is 1.84. The molecule has 1 N–H and O–H groups in total. The van der Waals surface area contributed by atoms with E-state index in [4.69, 9.17) is 9.84 Å². The lowest BCUT2D eigenvalue weighted by Crippen LogP contribution is -2.01. The van der Waals surface area contributed by atoms with E-state index in [1.165, 1.54) is 0 Å². The summed E-state index contributed by atoms with van der Waals surface area (Å²) in [6.45, 7) is 1.78. The molecule has 0 saturated heterocycles. The quantitative estimate of drug-likeness (QED) is 0.900. The zero-order valence-corrected chi connectivity index (χ0v) is 10.5. The van der Waals surface area contributed by atoms with Crippen LogP contribution in [0.25, 0.3) is 11.3 Å². The van der Waals surface area contributed by atoms with Crippen molar-refractivity contribution in [2.75, 3.05) is 7.11 Å². The minimum atomic E-state index is -1.02. The van der Waals surface area contributed by atoms with Crippen LogP contribution in [0.2, 0.25) is 0 Å².